The molecule has 1 saturated heterocycles. The normalized spacial score (nSPS) is 18.2. The van der Waals surface area contributed by atoms with Crippen LogP contribution in [0.1, 0.15) is 53.6 Å². The fourth-order valence-corrected chi connectivity index (χ4v) is 4.69. The van der Waals surface area contributed by atoms with Gasteiger partial charge in [-0.1, -0.05) is 38.1 Å². The van der Waals surface area contributed by atoms with Crippen LogP contribution in [0.4, 0.5) is 0 Å². The molecule has 1 aliphatic heterocycles. The van der Waals surface area contributed by atoms with Gasteiger partial charge in [0.2, 0.25) is 0 Å². The van der Waals surface area contributed by atoms with Gasteiger partial charge >= 0.3 is 5.97 Å². The second kappa shape index (κ2) is 9.61. The highest BCUT2D eigenvalue weighted by molar-refractivity contribution is 5.94. The van der Waals surface area contributed by atoms with Gasteiger partial charge < -0.3 is 9.64 Å². The third-order valence-electron chi connectivity index (χ3n) is 6.13. The molecule has 172 valence electrons. The summed E-state index contributed by atoms with van der Waals surface area (Å²) in [4.78, 5) is 27.4. The van der Waals surface area contributed by atoms with Crippen molar-refractivity contribution in [2.24, 2.45) is 11.8 Å². The fraction of sp³-hybridized carbons (Fsp3) is 0.370. The van der Waals surface area contributed by atoms with Gasteiger partial charge in [0.25, 0.3) is 5.91 Å². The van der Waals surface area contributed by atoms with E-state index in [1.165, 1.54) is 0 Å². The Kier molecular flexibility index (Phi) is 6.63. The number of nitrogens with zero attached hydrogens (tertiary/aromatic N) is 3. The van der Waals surface area contributed by atoms with Crippen molar-refractivity contribution in [1.29, 1.82) is 0 Å². The fourth-order valence-electron chi connectivity index (χ4n) is 4.69. The summed E-state index contributed by atoms with van der Waals surface area (Å²) < 4.78 is 6.91. The zero-order chi connectivity index (χ0) is 23.5. The number of carbonyl (C=O) groups is 2. The highest BCUT2D eigenvalue weighted by Crippen LogP contribution is 2.28. The molecular formula is C27H31N3O3. The van der Waals surface area contributed by atoms with Crippen molar-refractivity contribution in [2.45, 2.75) is 34.1 Å². The van der Waals surface area contributed by atoms with Gasteiger partial charge in [-0.2, -0.15) is 5.10 Å². The van der Waals surface area contributed by atoms with E-state index in [1.54, 1.807) is 17.7 Å². The van der Waals surface area contributed by atoms with Gasteiger partial charge in [0.05, 0.1) is 18.0 Å². The molecule has 3 aromatic rings. The molecule has 0 saturated carbocycles. The number of hydrogen-bond acceptors (Lipinski definition) is 4. The first kappa shape index (κ1) is 22.8. The van der Waals surface area contributed by atoms with Crippen LogP contribution in [0.15, 0.2) is 54.6 Å². The van der Waals surface area contributed by atoms with E-state index in [2.05, 4.69) is 18.9 Å². The number of ether oxygens (including phenoxy) is 1. The molecule has 1 fully saturated rings. The summed E-state index contributed by atoms with van der Waals surface area (Å²) in [5, 5.41) is 4.55. The van der Waals surface area contributed by atoms with Crippen molar-refractivity contribution in [3.8, 4) is 16.9 Å². The van der Waals surface area contributed by atoms with E-state index in [4.69, 9.17) is 4.74 Å². The first-order valence-corrected chi connectivity index (χ1v) is 11.6. The Labute approximate surface area is 195 Å². The zero-order valence-corrected chi connectivity index (χ0v) is 19.7. The first-order valence-electron chi connectivity index (χ1n) is 11.6. The predicted octanol–water partition coefficient (Wildman–Crippen LogP) is 5.14. The number of amides is 1. The Morgan fingerprint density at radius 2 is 1.70 bits per heavy atom. The summed E-state index contributed by atoms with van der Waals surface area (Å²) in [6.07, 6.45) is 1.16. The second-order valence-corrected chi connectivity index (χ2v) is 9.07. The van der Waals surface area contributed by atoms with E-state index < -0.39 is 5.97 Å². The largest absolute Gasteiger partial charge is 0.461 e. The lowest BCUT2D eigenvalue weighted by Crippen LogP contribution is -2.42. The van der Waals surface area contributed by atoms with Crippen LogP contribution in [0.25, 0.3) is 16.9 Å². The molecule has 0 N–H and O–H groups in total. The topological polar surface area (TPSA) is 64.4 Å². The van der Waals surface area contributed by atoms with Crippen molar-refractivity contribution < 1.29 is 14.3 Å². The molecule has 6 heteroatoms. The quantitative estimate of drug-likeness (QED) is 0.510. The predicted molar refractivity (Wildman–Crippen MR) is 129 cm³/mol. The number of piperidine rings is 1. The lowest BCUT2D eigenvalue weighted by molar-refractivity contribution is 0.0518. The van der Waals surface area contributed by atoms with Crippen molar-refractivity contribution in [2.75, 3.05) is 19.7 Å². The maximum Gasteiger partial charge on any atom is 0.358 e. The number of rotatable bonds is 5. The molecule has 2 atom stereocenters. The van der Waals surface area contributed by atoms with Crippen LogP contribution in [0, 0.1) is 18.8 Å². The van der Waals surface area contributed by atoms with Crippen LogP contribution < -0.4 is 0 Å². The van der Waals surface area contributed by atoms with Crippen LogP contribution in [-0.4, -0.2) is 46.3 Å². The third kappa shape index (κ3) is 4.85. The van der Waals surface area contributed by atoms with Crippen molar-refractivity contribution >= 4 is 11.9 Å². The molecule has 4 rings (SSSR count). The Bertz CT molecular complexity index is 1140. The second-order valence-electron chi connectivity index (χ2n) is 9.07. The molecule has 0 bridgehead atoms. The van der Waals surface area contributed by atoms with E-state index in [9.17, 15) is 9.59 Å². The number of carbonyl (C=O) groups excluding carboxylic acids is 2. The average molecular weight is 446 g/mol. The number of hydrogen-bond donors (Lipinski definition) is 0. The lowest BCUT2D eigenvalue weighted by Gasteiger charge is -2.35. The monoisotopic (exact) mass is 445 g/mol. The van der Waals surface area contributed by atoms with Crippen LogP contribution in [0.2, 0.25) is 0 Å². The van der Waals surface area contributed by atoms with Crippen LogP contribution in [0.3, 0.4) is 0 Å². The Hall–Kier alpha value is -3.41. The number of esters is 1. The smallest absolute Gasteiger partial charge is 0.358 e. The number of aryl methyl sites for hydroxylation is 1. The molecular weight excluding hydrogens is 414 g/mol. The van der Waals surface area contributed by atoms with E-state index >= 15 is 0 Å². The average Bonchev–Trinajstić information content (AvgIpc) is 3.24. The highest BCUT2D eigenvalue weighted by atomic mass is 16.5. The molecule has 0 radical (unpaired) electrons. The van der Waals surface area contributed by atoms with Crippen molar-refractivity contribution in [3.63, 3.8) is 0 Å². The number of benzene rings is 2. The molecule has 33 heavy (non-hydrogen) atoms. The summed E-state index contributed by atoms with van der Waals surface area (Å²) in [6, 6.07) is 17.2. The van der Waals surface area contributed by atoms with Gasteiger partial charge in [-0.3, -0.25) is 4.79 Å². The molecule has 1 amide bonds. The minimum Gasteiger partial charge on any atom is -0.461 e. The summed E-state index contributed by atoms with van der Waals surface area (Å²) in [6.45, 7) is 10.1. The van der Waals surface area contributed by atoms with E-state index in [1.807, 2.05) is 60.4 Å². The van der Waals surface area contributed by atoms with Gasteiger partial charge in [0, 0.05) is 24.2 Å². The summed E-state index contributed by atoms with van der Waals surface area (Å²) >= 11 is 0. The number of likely N-dealkylation sites (tertiary alicyclic amines) is 1. The SMILES string of the molecule is CCOC(=O)c1cc(-c2ccccc2C)n(-c2ccc(C(=O)N3C[C@@H](C)C[C@H](C)C3)cc2)n1. The maximum atomic E-state index is 13.1. The van der Waals surface area contributed by atoms with Crippen LogP contribution in [0.5, 0.6) is 0 Å². The molecule has 0 aliphatic carbocycles. The molecule has 1 aliphatic rings. The molecule has 2 heterocycles. The van der Waals surface area contributed by atoms with Gasteiger partial charge in [-0.15, -0.1) is 0 Å². The van der Waals surface area contributed by atoms with Gasteiger partial charge in [0.1, 0.15) is 0 Å². The highest BCUT2D eigenvalue weighted by Gasteiger charge is 2.26. The standard InChI is InChI=1S/C27H31N3O3/c1-5-33-27(32)24-15-25(23-9-7-6-8-20(23)4)30(28-24)22-12-10-21(11-13-22)26(31)29-16-18(2)14-19(3)17-29/h6-13,15,18-19H,5,14,16-17H2,1-4H3/t18-,19-/m0/s1. The zero-order valence-electron chi connectivity index (χ0n) is 19.7. The van der Waals surface area contributed by atoms with E-state index in [-0.39, 0.29) is 18.2 Å². The molecule has 6 nitrogen and oxygen atoms in total. The molecule has 0 unspecified atom stereocenters. The minimum atomic E-state index is -0.453. The van der Waals surface area contributed by atoms with Gasteiger partial charge in [-0.05, 0) is 68.0 Å². The third-order valence-corrected chi connectivity index (χ3v) is 6.13. The minimum absolute atomic E-state index is 0.0618. The molecule has 2 aromatic carbocycles. The first-order chi connectivity index (χ1) is 15.9. The Morgan fingerprint density at radius 1 is 1.03 bits per heavy atom. The summed E-state index contributed by atoms with van der Waals surface area (Å²) in [5.41, 5.74) is 4.56. The Morgan fingerprint density at radius 3 is 2.33 bits per heavy atom. The van der Waals surface area contributed by atoms with Crippen molar-refractivity contribution in [3.05, 3.63) is 71.4 Å². The number of aromatic nitrogens is 2. The van der Waals surface area contributed by atoms with E-state index in [0.717, 1.165) is 42.0 Å². The molecule has 1 aromatic heterocycles. The van der Waals surface area contributed by atoms with Crippen LogP contribution >= 0.6 is 0 Å². The van der Waals surface area contributed by atoms with Gasteiger partial charge in [-0.25, -0.2) is 9.48 Å². The lowest BCUT2D eigenvalue weighted by atomic mass is 9.91. The Balaban J connectivity index is 1.68. The van der Waals surface area contributed by atoms with Gasteiger partial charge in [0.15, 0.2) is 5.69 Å². The molecule has 0 spiro atoms. The van der Waals surface area contributed by atoms with Crippen LogP contribution in [-0.2, 0) is 4.74 Å². The maximum absolute atomic E-state index is 13.1. The van der Waals surface area contributed by atoms with E-state index in [0.29, 0.717) is 17.4 Å². The summed E-state index contributed by atoms with van der Waals surface area (Å²) in [5.74, 6) is 0.635. The van der Waals surface area contributed by atoms with Crippen molar-refractivity contribution in [1.82, 2.24) is 14.7 Å². The summed E-state index contributed by atoms with van der Waals surface area (Å²) in [7, 11) is 0.